The largest absolute Gasteiger partial charge is 0.504 e. The standard InChI is InChI=1S/C9H9N3O3S/c10-12-9-11-5(3-16-9)4-1-2-6(13)8(15)7(4)14/h1-3,13-15H,10H2,(H,11,12). The Hall–Kier alpha value is -1.99. The molecule has 6 N–H and O–H groups in total. The lowest BCUT2D eigenvalue weighted by Gasteiger charge is -2.04. The Kier molecular flexibility index (Phi) is 2.55. The Morgan fingerprint density at radius 2 is 1.94 bits per heavy atom. The zero-order valence-electron chi connectivity index (χ0n) is 8.01. The molecule has 6 nitrogen and oxygen atoms in total. The van der Waals surface area contributed by atoms with Crippen molar-refractivity contribution in [1.29, 1.82) is 0 Å². The fourth-order valence-corrected chi connectivity index (χ4v) is 1.86. The Morgan fingerprint density at radius 1 is 1.19 bits per heavy atom. The Balaban J connectivity index is 2.52. The number of hydrogen-bond donors (Lipinski definition) is 5. The summed E-state index contributed by atoms with van der Waals surface area (Å²) in [5.41, 5.74) is 3.17. The molecule has 0 amide bonds. The van der Waals surface area contributed by atoms with Gasteiger partial charge in [0.1, 0.15) is 0 Å². The SMILES string of the molecule is NNc1nc(-c2ccc(O)c(O)c2O)cs1. The molecule has 2 aromatic rings. The summed E-state index contributed by atoms with van der Waals surface area (Å²) in [5, 5.41) is 30.3. The van der Waals surface area contributed by atoms with Crippen LogP contribution in [0.1, 0.15) is 0 Å². The summed E-state index contributed by atoms with van der Waals surface area (Å²) in [7, 11) is 0. The first-order valence-electron chi connectivity index (χ1n) is 4.30. The maximum Gasteiger partial charge on any atom is 0.200 e. The molecule has 16 heavy (non-hydrogen) atoms. The van der Waals surface area contributed by atoms with E-state index in [1.807, 2.05) is 0 Å². The summed E-state index contributed by atoms with van der Waals surface area (Å²) in [6, 6.07) is 2.74. The highest BCUT2D eigenvalue weighted by atomic mass is 32.1. The van der Waals surface area contributed by atoms with Gasteiger partial charge in [-0.15, -0.1) is 11.3 Å². The number of aromatic nitrogens is 1. The van der Waals surface area contributed by atoms with Crippen LogP contribution in [0.3, 0.4) is 0 Å². The third-order valence-corrected chi connectivity index (χ3v) is 2.81. The van der Waals surface area contributed by atoms with Crippen LogP contribution in [-0.2, 0) is 0 Å². The van der Waals surface area contributed by atoms with Crippen LogP contribution in [0.4, 0.5) is 5.13 Å². The highest BCUT2D eigenvalue weighted by Gasteiger charge is 2.14. The molecule has 2 rings (SSSR count). The minimum Gasteiger partial charge on any atom is -0.504 e. The van der Waals surface area contributed by atoms with Crippen molar-refractivity contribution in [3.05, 3.63) is 17.5 Å². The molecule has 0 aliphatic carbocycles. The van der Waals surface area contributed by atoms with Crippen molar-refractivity contribution >= 4 is 16.5 Å². The van der Waals surface area contributed by atoms with E-state index in [1.54, 1.807) is 5.38 Å². The lowest BCUT2D eigenvalue weighted by Crippen LogP contribution is -2.05. The summed E-state index contributed by atoms with van der Waals surface area (Å²) in [4.78, 5) is 4.06. The van der Waals surface area contributed by atoms with Crippen LogP contribution in [0.25, 0.3) is 11.3 Å². The van der Waals surface area contributed by atoms with Crippen LogP contribution < -0.4 is 11.3 Å². The van der Waals surface area contributed by atoms with Crippen molar-refractivity contribution < 1.29 is 15.3 Å². The van der Waals surface area contributed by atoms with Gasteiger partial charge in [0.15, 0.2) is 16.6 Å². The molecule has 1 heterocycles. The van der Waals surface area contributed by atoms with E-state index in [0.717, 1.165) is 0 Å². The second kappa shape index (κ2) is 3.87. The monoisotopic (exact) mass is 239 g/mol. The number of phenols is 3. The van der Waals surface area contributed by atoms with Gasteiger partial charge in [0.2, 0.25) is 5.75 Å². The van der Waals surface area contributed by atoms with E-state index in [1.165, 1.54) is 23.5 Å². The number of benzene rings is 1. The first kappa shape index (κ1) is 10.5. The number of hydrogen-bond acceptors (Lipinski definition) is 7. The van der Waals surface area contributed by atoms with Crippen LogP contribution in [0.2, 0.25) is 0 Å². The number of nitrogens with one attached hydrogen (secondary N) is 1. The van der Waals surface area contributed by atoms with Gasteiger partial charge in [0.05, 0.1) is 5.69 Å². The van der Waals surface area contributed by atoms with Crippen molar-refractivity contribution in [2.45, 2.75) is 0 Å². The second-order valence-electron chi connectivity index (χ2n) is 3.01. The number of thiazole rings is 1. The molecular weight excluding hydrogens is 230 g/mol. The first-order valence-corrected chi connectivity index (χ1v) is 5.18. The van der Waals surface area contributed by atoms with Gasteiger partial charge in [-0.2, -0.15) is 0 Å². The summed E-state index contributed by atoms with van der Waals surface area (Å²) in [5.74, 6) is 3.83. The molecule has 84 valence electrons. The van der Waals surface area contributed by atoms with E-state index in [-0.39, 0.29) is 5.75 Å². The third-order valence-electron chi connectivity index (χ3n) is 2.03. The molecule has 0 saturated heterocycles. The minimum absolute atomic E-state index is 0.327. The lowest BCUT2D eigenvalue weighted by molar-refractivity contribution is 0.369. The predicted molar refractivity (Wildman–Crippen MR) is 60.4 cm³/mol. The smallest absolute Gasteiger partial charge is 0.200 e. The molecule has 1 aromatic carbocycles. The number of aromatic hydroxyl groups is 3. The highest BCUT2D eigenvalue weighted by Crippen LogP contribution is 2.42. The van der Waals surface area contributed by atoms with Gasteiger partial charge in [0.25, 0.3) is 0 Å². The van der Waals surface area contributed by atoms with Gasteiger partial charge >= 0.3 is 0 Å². The van der Waals surface area contributed by atoms with Crippen LogP contribution in [0.15, 0.2) is 17.5 Å². The predicted octanol–water partition coefficient (Wildman–Crippen LogP) is 1.21. The average molecular weight is 239 g/mol. The van der Waals surface area contributed by atoms with Crippen molar-refractivity contribution in [1.82, 2.24) is 4.98 Å². The second-order valence-corrected chi connectivity index (χ2v) is 3.87. The fourth-order valence-electron chi connectivity index (χ4n) is 1.24. The van der Waals surface area contributed by atoms with Gasteiger partial charge in [0, 0.05) is 10.9 Å². The number of nitrogens with two attached hydrogens (primary N) is 1. The van der Waals surface area contributed by atoms with Crippen LogP contribution >= 0.6 is 11.3 Å². The number of phenolic OH excluding ortho intramolecular Hbond substituents is 3. The Bertz CT molecular complexity index is 527. The topological polar surface area (TPSA) is 112 Å². The summed E-state index contributed by atoms with van der Waals surface area (Å²) in [6.07, 6.45) is 0. The van der Waals surface area contributed by atoms with Crippen LogP contribution in [0.5, 0.6) is 17.2 Å². The first-order chi connectivity index (χ1) is 7.63. The maximum atomic E-state index is 9.62. The fraction of sp³-hybridized carbons (Fsp3) is 0. The van der Waals surface area contributed by atoms with Crippen molar-refractivity contribution in [2.75, 3.05) is 5.43 Å². The quantitative estimate of drug-likeness (QED) is 0.306. The third kappa shape index (κ3) is 1.62. The molecule has 0 fully saturated rings. The Morgan fingerprint density at radius 3 is 2.56 bits per heavy atom. The molecular formula is C9H9N3O3S. The molecule has 0 aliphatic rings. The summed E-state index contributed by atoms with van der Waals surface area (Å²) >= 11 is 1.26. The van der Waals surface area contributed by atoms with Crippen LogP contribution in [-0.4, -0.2) is 20.3 Å². The average Bonchev–Trinajstić information content (AvgIpc) is 2.74. The van der Waals surface area contributed by atoms with E-state index < -0.39 is 11.5 Å². The number of anilines is 1. The number of nitrogens with zero attached hydrogens (tertiary/aromatic N) is 1. The molecule has 0 unspecified atom stereocenters. The zero-order valence-corrected chi connectivity index (χ0v) is 8.82. The van der Waals surface area contributed by atoms with Gasteiger partial charge in [-0.25, -0.2) is 10.8 Å². The lowest BCUT2D eigenvalue weighted by atomic mass is 10.1. The van der Waals surface area contributed by atoms with E-state index in [2.05, 4.69) is 10.4 Å². The molecule has 0 bridgehead atoms. The zero-order chi connectivity index (χ0) is 11.7. The number of nitrogen functional groups attached to an aromatic ring is 1. The van der Waals surface area contributed by atoms with Gasteiger partial charge in [-0.3, -0.25) is 5.43 Å². The molecule has 1 aromatic heterocycles. The van der Waals surface area contributed by atoms with Gasteiger partial charge in [-0.05, 0) is 12.1 Å². The normalized spacial score (nSPS) is 10.3. The van der Waals surface area contributed by atoms with E-state index in [4.69, 9.17) is 10.9 Å². The minimum atomic E-state index is -0.562. The number of rotatable bonds is 2. The molecule has 0 radical (unpaired) electrons. The van der Waals surface area contributed by atoms with Crippen molar-refractivity contribution in [2.24, 2.45) is 5.84 Å². The molecule has 0 aliphatic heterocycles. The molecule has 0 atom stereocenters. The summed E-state index contributed by atoms with van der Waals surface area (Å²) in [6.45, 7) is 0. The maximum absolute atomic E-state index is 9.62. The van der Waals surface area contributed by atoms with E-state index in [0.29, 0.717) is 16.4 Å². The molecule has 7 heteroatoms. The summed E-state index contributed by atoms with van der Waals surface area (Å²) < 4.78 is 0. The van der Waals surface area contributed by atoms with Gasteiger partial charge < -0.3 is 15.3 Å². The Labute approximate surface area is 94.6 Å². The van der Waals surface area contributed by atoms with E-state index in [9.17, 15) is 10.2 Å². The molecule has 0 saturated carbocycles. The number of hydrazine groups is 1. The van der Waals surface area contributed by atoms with E-state index >= 15 is 0 Å². The molecule has 0 spiro atoms. The van der Waals surface area contributed by atoms with Crippen LogP contribution in [0, 0.1) is 0 Å². The van der Waals surface area contributed by atoms with Crippen molar-refractivity contribution in [3.63, 3.8) is 0 Å². The van der Waals surface area contributed by atoms with Crippen molar-refractivity contribution in [3.8, 4) is 28.5 Å². The highest BCUT2D eigenvalue weighted by molar-refractivity contribution is 7.14. The van der Waals surface area contributed by atoms with Gasteiger partial charge in [-0.1, -0.05) is 0 Å².